The number of carbonyl (C=O) groups is 1. The van der Waals surface area contributed by atoms with Gasteiger partial charge >= 0.3 is 12.4 Å². The molecule has 304 valence electrons. The molecule has 0 bridgehead atoms. The average molecular weight is 871 g/mol. The molecule has 2 aromatic heterocycles. The highest BCUT2D eigenvalue weighted by molar-refractivity contribution is 6.33. The van der Waals surface area contributed by atoms with Crippen LogP contribution in [0.1, 0.15) is 22.8 Å². The van der Waals surface area contributed by atoms with Crippen LogP contribution in [-0.4, -0.2) is 99.6 Å². The molecule has 4 N–H and O–H groups in total. The predicted octanol–water partition coefficient (Wildman–Crippen LogP) is 7.16. The van der Waals surface area contributed by atoms with E-state index < -0.39 is 51.7 Å². The van der Waals surface area contributed by atoms with E-state index in [0.717, 1.165) is 20.7 Å². The number of hydrogen-bond donors (Lipinski definition) is 2. The second-order valence-electron chi connectivity index (χ2n) is 13.7. The third kappa shape index (κ3) is 8.77. The minimum Gasteiger partial charge on any atom is -0.397 e. The first-order chi connectivity index (χ1) is 26.2. The Hall–Kier alpha value is -3.61. The van der Waals surface area contributed by atoms with E-state index >= 15 is 4.79 Å². The number of halogens is 10. The van der Waals surface area contributed by atoms with Crippen molar-refractivity contribution < 1.29 is 31.1 Å². The summed E-state index contributed by atoms with van der Waals surface area (Å²) in [5.41, 5.74) is 11.9. The summed E-state index contributed by atoms with van der Waals surface area (Å²) in [4.78, 5) is 22.9. The monoisotopic (exact) mass is 868 g/mol. The van der Waals surface area contributed by atoms with Crippen LogP contribution < -0.4 is 21.3 Å². The van der Waals surface area contributed by atoms with Crippen LogP contribution in [0.3, 0.4) is 0 Å². The second kappa shape index (κ2) is 16.3. The molecular weight excluding hydrogens is 832 g/mol. The van der Waals surface area contributed by atoms with Crippen LogP contribution in [0.15, 0.2) is 36.4 Å². The van der Waals surface area contributed by atoms with E-state index in [-0.39, 0.29) is 24.5 Å². The zero-order valence-corrected chi connectivity index (χ0v) is 33.1. The van der Waals surface area contributed by atoms with Gasteiger partial charge in [-0.3, -0.25) is 24.0 Å². The second-order valence-corrected chi connectivity index (χ2v) is 15.3. The molecule has 4 aromatic rings. The average Bonchev–Trinajstić information content (AvgIpc) is 3.61. The first-order valence-electron chi connectivity index (χ1n) is 17.5. The number of piperazine rings is 2. The molecule has 21 heteroatoms. The summed E-state index contributed by atoms with van der Waals surface area (Å²) in [6, 6.07) is 8.26. The van der Waals surface area contributed by atoms with Crippen LogP contribution in [0.25, 0.3) is 0 Å². The number of ketones is 1. The number of nitrogen functional groups attached to an aromatic ring is 2. The quantitative estimate of drug-likeness (QED) is 0.127. The van der Waals surface area contributed by atoms with E-state index in [4.69, 9.17) is 57.9 Å². The van der Waals surface area contributed by atoms with Gasteiger partial charge in [0.05, 0.1) is 68.0 Å². The van der Waals surface area contributed by atoms with Crippen molar-refractivity contribution in [1.82, 2.24) is 29.4 Å². The standard InChI is InChI=1S/C35H38Cl4F6N10O/c1-19-29(38)32(34(40,41)42)48-54(19)17-27(52-11-7-50(8-12-52)21-3-5-23(36)25(46)15-21)31(56)28(18-55-20(2)30(39)33(49-55)35(43,44)45)53-13-9-51(10-14-53)22-4-6-24(37)26(47)16-22/h3-6,15-16,27-28H,7-14,17-18,46-47H2,1-2H3. The molecule has 0 radical (unpaired) electrons. The molecule has 0 amide bonds. The van der Waals surface area contributed by atoms with Crippen LogP contribution in [-0.2, 0) is 30.2 Å². The lowest BCUT2D eigenvalue weighted by Crippen LogP contribution is -2.61. The minimum absolute atomic E-state index is 0.00369. The van der Waals surface area contributed by atoms with E-state index in [2.05, 4.69) is 10.2 Å². The highest BCUT2D eigenvalue weighted by atomic mass is 35.5. The lowest BCUT2D eigenvalue weighted by Gasteiger charge is -2.43. The summed E-state index contributed by atoms with van der Waals surface area (Å²) in [5, 5.41) is 7.18. The van der Waals surface area contributed by atoms with Gasteiger partial charge in [0.25, 0.3) is 0 Å². The van der Waals surface area contributed by atoms with Crippen molar-refractivity contribution >= 4 is 74.9 Å². The number of carbonyl (C=O) groups excluding carboxylic acids is 1. The first-order valence-corrected chi connectivity index (χ1v) is 19.0. The largest absolute Gasteiger partial charge is 0.436 e. The fraction of sp³-hybridized carbons (Fsp3) is 0.457. The molecule has 4 heterocycles. The van der Waals surface area contributed by atoms with Crippen LogP contribution in [0.5, 0.6) is 0 Å². The Morgan fingerprint density at radius 3 is 1.27 bits per heavy atom. The molecule has 6 rings (SSSR count). The molecule has 2 fully saturated rings. The Balaban J connectivity index is 1.35. The van der Waals surface area contributed by atoms with Crippen molar-refractivity contribution in [2.75, 3.05) is 73.6 Å². The Morgan fingerprint density at radius 1 is 0.643 bits per heavy atom. The summed E-state index contributed by atoms with van der Waals surface area (Å²) in [7, 11) is 0. The molecule has 2 saturated heterocycles. The number of aromatic nitrogens is 4. The number of nitrogens with zero attached hydrogens (tertiary/aromatic N) is 8. The van der Waals surface area contributed by atoms with E-state index in [9.17, 15) is 26.3 Å². The van der Waals surface area contributed by atoms with Crippen LogP contribution >= 0.6 is 46.4 Å². The van der Waals surface area contributed by atoms with E-state index in [1.165, 1.54) is 13.8 Å². The summed E-state index contributed by atoms with van der Waals surface area (Å²) in [6.07, 6.45) is -9.72. The number of rotatable bonds is 10. The zero-order valence-electron chi connectivity index (χ0n) is 30.1. The molecule has 2 unspecified atom stereocenters. The summed E-state index contributed by atoms with van der Waals surface area (Å²) in [5.74, 6) is -0.447. The lowest BCUT2D eigenvalue weighted by atomic mass is 9.99. The molecule has 0 aliphatic carbocycles. The number of alkyl halides is 6. The molecule has 0 saturated carbocycles. The highest BCUT2D eigenvalue weighted by Crippen LogP contribution is 2.37. The minimum atomic E-state index is -4.86. The maximum atomic E-state index is 15.2. The van der Waals surface area contributed by atoms with Crippen LogP contribution in [0.4, 0.5) is 49.1 Å². The van der Waals surface area contributed by atoms with E-state index in [1.54, 1.807) is 24.3 Å². The maximum absolute atomic E-state index is 15.2. The van der Waals surface area contributed by atoms with E-state index in [0.29, 0.717) is 73.8 Å². The van der Waals surface area contributed by atoms with Crippen molar-refractivity contribution in [3.63, 3.8) is 0 Å². The molecule has 11 nitrogen and oxygen atoms in total. The molecule has 2 aliphatic heterocycles. The molecular formula is C35H38Cl4F6N10O. The molecule has 0 spiro atoms. The van der Waals surface area contributed by atoms with Crippen molar-refractivity contribution in [1.29, 1.82) is 0 Å². The van der Waals surface area contributed by atoms with Crippen molar-refractivity contribution in [2.45, 2.75) is 51.4 Å². The Labute approximate surface area is 338 Å². The van der Waals surface area contributed by atoms with Gasteiger partial charge in [-0.2, -0.15) is 36.5 Å². The Morgan fingerprint density at radius 2 is 0.982 bits per heavy atom. The van der Waals surface area contributed by atoms with Gasteiger partial charge in [-0.15, -0.1) is 0 Å². The maximum Gasteiger partial charge on any atom is 0.436 e. The predicted molar refractivity (Wildman–Crippen MR) is 206 cm³/mol. The summed E-state index contributed by atoms with van der Waals surface area (Å²) >= 11 is 24.5. The van der Waals surface area contributed by atoms with Gasteiger partial charge in [-0.1, -0.05) is 46.4 Å². The Kier molecular flexibility index (Phi) is 12.2. The van der Waals surface area contributed by atoms with Gasteiger partial charge < -0.3 is 21.3 Å². The van der Waals surface area contributed by atoms with Crippen molar-refractivity contribution in [3.8, 4) is 0 Å². The smallest absolute Gasteiger partial charge is 0.397 e. The summed E-state index contributed by atoms with van der Waals surface area (Å²) < 4.78 is 85.7. The van der Waals surface area contributed by atoms with Gasteiger partial charge in [-0.05, 0) is 50.2 Å². The number of nitrogens with two attached hydrogens (primary N) is 2. The van der Waals surface area contributed by atoms with Gasteiger partial charge in [0.15, 0.2) is 17.2 Å². The fourth-order valence-corrected chi connectivity index (χ4v) is 7.85. The molecule has 56 heavy (non-hydrogen) atoms. The third-order valence-electron chi connectivity index (χ3n) is 10.4. The molecule has 2 aromatic carbocycles. The van der Waals surface area contributed by atoms with Gasteiger partial charge in [0, 0.05) is 63.7 Å². The molecule has 2 aliphatic rings. The number of anilines is 4. The van der Waals surface area contributed by atoms with Crippen LogP contribution in [0.2, 0.25) is 20.1 Å². The number of benzene rings is 2. The van der Waals surface area contributed by atoms with Gasteiger partial charge in [-0.25, -0.2) is 0 Å². The van der Waals surface area contributed by atoms with Crippen molar-refractivity contribution in [2.24, 2.45) is 0 Å². The lowest BCUT2D eigenvalue weighted by molar-refractivity contribution is -0.142. The van der Waals surface area contributed by atoms with Crippen LogP contribution in [0, 0.1) is 13.8 Å². The van der Waals surface area contributed by atoms with Crippen molar-refractivity contribution in [3.05, 3.63) is 79.3 Å². The zero-order chi connectivity index (χ0) is 40.9. The highest BCUT2D eigenvalue weighted by Gasteiger charge is 2.43. The van der Waals surface area contributed by atoms with Gasteiger partial charge in [0.1, 0.15) is 0 Å². The fourth-order valence-electron chi connectivity index (χ4n) is 7.13. The topological polar surface area (TPSA) is 118 Å². The first kappa shape index (κ1) is 42.0. The number of hydrogen-bond acceptors (Lipinski definition) is 9. The summed E-state index contributed by atoms with van der Waals surface area (Å²) in [6.45, 7) is 4.94. The normalized spacial score (nSPS) is 17.4. The molecule has 2 atom stereocenters. The number of Topliss-reactive ketones (excluding diaryl/α,β-unsaturated/α-hetero) is 1. The Bertz CT molecular complexity index is 1930. The van der Waals surface area contributed by atoms with E-state index in [1.807, 2.05) is 31.7 Å². The van der Waals surface area contributed by atoms with Gasteiger partial charge in [0.2, 0.25) is 0 Å². The third-order valence-corrected chi connectivity index (χ3v) is 11.9. The SMILES string of the molecule is Cc1c(Cl)c(C(F)(F)F)nn1CC(C(=O)C(Cn1nc(C(F)(F)F)c(Cl)c1C)N1CCN(c2ccc(Cl)c(N)c2)CC1)N1CCN(c2ccc(Cl)c(N)c2)CC1.